The average Bonchev–Trinajstić information content (AvgIpc) is 2.66. The lowest BCUT2D eigenvalue weighted by molar-refractivity contribution is 0.0478. The molecule has 0 amide bonds. The first-order valence-corrected chi connectivity index (χ1v) is 7.88. The summed E-state index contributed by atoms with van der Waals surface area (Å²) in [5.74, 6) is 1.77. The van der Waals surface area contributed by atoms with Crippen LogP contribution in [0.25, 0.3) is 0 Å². The summed E-state index contributed by atoms with van der Waals surface area (Å²) in [5.41, 5.74) is 1.16. The molecule has 0 radical (unpaired) electrons. The summed E-state index contributed by atoms with van der Waals surface area (Å²) >= 11 is 0. The van der Waals surface area contributed by atoms with E-state index >= 15 is 0 Å². The molecule has 1 N–H and O–H groups in total. The van der Waals surface area contributed by atoms with Crippen molar-refractivity contribution in [3.63, 3.8) is 0 Å². The SMILES string of the molecule is CNC(c1cncc(OC(C)C)c1)C1C(C)OC(C)C1C. The van der Waals surface area contributed by atoms with Crippen LogP contribution in [0.15, 0.2) is 18.5 Å². The molecule has 5 atom stereocenters. The summed E-state index contributed by atoms with van der Waals surface area (Å²) in [6, 6.07) is 2.32. The van der Waals surface area contributed by atoms with E-state index in [0.717, 1.165) is 11.3 Å². The van der Waals surface area contributed by atoms with E-state index < -0.39 is 0 Å². The van der Waals surface area contributed by atoms with Crippen LogP contribution in [0.3, 0.4) is 0 Å². The van der Waals surface area contributed by atoms with Crippen LogP contribution in [0, 0.1) is 11.8 Å². The van der Waals surface area contributed by atoms with Crippen LogP contribution in [0.4, 0.5) is 0 Å². The standard InChI is InChI=1S/C17H28N2O2/c1-10(2)20-15-7-14(8-19-9-15)17(18-6)16-11(3)12(4)21-13(16)5/h7-13,16-18H,1-6H3. The molecule has 0 aromatic carbocycles. The Hall–Kier alpha value is -1.13. The van der Waals surface area contributed by atoms with Crippen LogP contribution in [0.2, 0.25) is 0 Å². The maximum Gasteiger partial charge on any atom is 0.138 e. The molecule has 1 fully saturated rings. The fourth-order valence-electron chi connectivity index (χ4n) is 3.39. The minimum absolute atomic E-state index is 0.155. The van der Waals surface area contributed by atoms with Gasteiger partial charge in [-0.2, -0.15) is 0 Å². The maximum absolute atomic E-state index is 5.99. The van der Waals surface area contributed by atoms with Gasteiger partial charge in [0.15, 0.2) is 0 Å². The third kappa shape index (κ3) is 3.55. The molecule has 118 valence electrons. The van der Waals surface area contributed by atoms with Gasteiger partial charge in [0.2, 0.25) is 0 Å². The van der Waals surface area contributed by atoms with Gasteiger partial charge in [0, 0.05) is 18.2 Å². The molecule has 0 spiro atoms. The van der Waals surface area contributed by atoms with Crippen molar-refractivity contribution in [1.82, 2.24) is 10.3 Å². The fraction of sp³-hybridized carbons (Fsp3) is 0.706. The third-order valence-electron chi connectivity index (χ3n) is 4.48. The van der Waals surface area contributed by atoms with Gasteiger partial charge in [-0.15, -0.1) is 0 Å². The summed E-state index contributed by atoms with van der Waals surface area (Å²) in [6.07, 6.45) is 4.39. The van der Waals surface area contributed by atoms with Crippen molar-refractivity contribution in [2.24, 2.45) is 11.8 Å². The van der Waals surface area contributed by atoms with Crippen molar-refractivity contribution >= 4 is 0 Å². The number of aromatic nitrogens is 1. The van der Waals surface area contributed by atoms with Gasteiger partial charge < -0.3 is 14.8 Å². The second-order valence-corrected chi connectivity index (χ2v) is 6.37. The number of nitrogens with one attached hydrogen (secondary N) is 1. The van der Waals surface area contributed by atoms with Crippen LogP contribution >= 0.6 is 0 Å². The molecule has 1 saturated heterocycles. The zero-order valence-electron chi connectivity index (χ0n) is 14.0. The number of ether oxygens (including phenoxy) is 2. The molecule has 0 aliphatic carbocycles. The zero-order valence-corrected chi connectivity index (χ0v) is 14.0. The van der Waals surface area contributed by atoms with Gasteiger partial charge in [0.1, 0.15) is 5.75 Å². The summed E-state index contributed by atoms with van der Waals surface area (Å²) in [5, 5.41) is 3.45. The monoisotopic (exact) mass is 292 g/mol. The smallest absolute Gasteiger partial charge is 0.138 e. The zero-order chi connectivity index (χ0) is 15.6. The van der Waals surface area contributed by atoms with E-state index in [1.165, 1.54) is 0 Å². The van der Waals surface area contributed by atoms with Crippen molar-refractivity contribution < 1.29 is 9.47 Å². The molecular weight excluding hydrogens is 264 g/mol. The average molecular weight is 292 g/mol. The van der Waals surface area contributed by atoms with E-state index in [4.69, 9.17) is 9.47 Å². The Morgan fingerprint density at radius 2 is 1.90 bits per heavy atom. The van der Waals surface area contributed by atoms with Gasteiger partial charge in [0.05, 0.1) is 24.5 Å². The Kier molecular flexibility index (Phi) is 5.22. The number of hydrogen-bond donors (Lipinski definition) is 1. The van der Waals surface area contributed by atoms with Gasteiger partial charge in [-0.25, -0.2) is 0 Å². The maximum atomic E-state index is 5.99. The lowest BCUT2D eigenvalue weighted by atomic mass is 9.81. The van der Waals surface area contributed by atoms with Crippen molar-refractivity contribution in [2.75, 3.05) is 7.05 Å². The molecule has 1 aliphatic heterocycles. The number of rotatable bonds is 5. The minimum atomic E-state index is 0.155. The first-order chi connectivity index (χ1) is 9.93. The summed E-state index contributed by atoms with van der Waals surface area (Å²) in [4.78, 5) is 4.34. The number of pyridine rings is 1. The summed E-state index contributed by atoms with van der Waals surface area (Å²) < 4.78 is 11.8. The lowest BCUT2D eigenvalue weighted by Gasteiger charge is -2.29. The van der Waals surface area contributed by atoms with Crippen molar-refractivity contribution in [2.45, 2.75) is 59.0 Å². The molecule has 4 heteroatoms. The minimum Gasteiger partial charge on any atom is -0.489 e. The first kappa shape index (κ1) is 16.2. The largest absolute Gasteiger partial charge is 0.489 e. The van der Waals surface area contributed by atoms with Gasteiger partial charge in [-0.05, 0) is 52.3 Å². The van der Waals surface area contributed by atoms with E-state index in [1.54, 1.807) is 6.20 Å². The Balaban J connectivity index is 2.25. The van der Waals surface area contributed by atoms with Crippen molar-refractivity contribution in [3.05, 3.63) is 24.0 Å². The highest BCUT2D eigenvalue weighted by Crippen LogP contribution is 2.40. The number of nitrogens with zero attached hydrogens (tertiary/aromatic N) is 1. The molecule has 2 rings (SSSR count). The van der Waals surface area contributed by atoms with Crippen LogP contribution < -0.4 is 10.1 Å². The van der Waals surface area contributed by atoms with Crippen molar-refractivity contribution in [3.8, 4) is 5.75 Å². The van der Waals surface area contributed by atoms with E-state index in [0.29, 0.717) is 17.9 Å². The van der Waals surface area contributed by atoms with Crippen LogP contribution in [0.5, 0.6) is 5.75 Å². The summed E-state index contributed by atoms with van der Waals surface area (Å²) in [7, 11) is 2.00. The van der Waals surface area contributed by atoms with Gasteiger partial charge in [-0.3, -0.25) is 4.98 Å². The molecule has 4 nitrogen and oxygen atoms in total. The van der Waals surface area contributed by atoms with Crippen LogP contribution in [-0.2, 0) is 4.74 Å². The van der Waals surface area contributed by atoms with E-state index in [9.17, 15) is 0 Å². The van der Waals surface area contributed by atoms with E-state index in [1.807, 2.05) is 27.1 Å². The summed E-state index contributed by atoms with van der Waals surface area (Å²) in [6.45, 7) is 10.6. The molecule has 0 saturated carbocycles. The Bertz CT molecular complexity index is 464. The lowest BCUT2D eigenvalue weighted by Crippen LogP contribution is -2.33. The molecule has 1 aromatic heterocycles. The molecule has 1 aliphatic rings. The third-order valence-corrected chi connectivity index (χ3v) is 4.48. The first-order valence-electron chi connectivity index (χ1n) is 7.88. The second-order valence-electron chi connectivity index (χ2n) is 6.37. The highest BCUT2D eigenvalue weighted by atomic mass is 16.5. The molecule has 0 bridgehead atoms. The van der Waals surface area contributed by atoms with Crippen LogP contribution in [-0.4, -0.2) is 30.3 Å². The quantitative estimate of drug-likeness (QED) is 0.905. The van der Waals surface area contributed by atoms with Gasteiger partial charge in [0.25, 0.3) is 0 Å². The molecule has 5 unspecified atom stereocenters. The Labute approximate surface area is 128 Å². The van der Waals surface area contributed by atoms with E-state index in [-0.39, 0.29) is 18.2 Å². The predicted octanol–water partition coefficient (Wildman–Crippen LogP) is 3.19. The number of hydrogen-bond acceptors (Lipinski definition) is 4. The van der Waals surface area contributed by atoms with Crippen molar-refractivity contribution in [1.29, 1.82) is 0 Å². The fourth-order valence-corrected chi connectivity index (χ4v) is 3.39. The van der Waals surface area contributed by atoms with Gasteiger partial charge >= 0.3 is 0 Å². The van der Waals surface area contributed by atoms with Crippen LogP contribution in [0.1, 0.15) is 46.2 Å². The molecule has 2 heterocycles. The second kappa shape index (κ2) is 6.75. The Morgan fingerprint density at radius 3 is 2.43 bits per heavy atom. The molecular formula is C17H28N2O2. The predicted molar refractivity (Wildman–Crippen MR) is 84.5 cm³/mol. The topological polar surface area (TPSA) is 43.4 Å². The van der Waals surface area contributed by atoms with E-state index in [2.05, 4.69) is 37.1 Å². The normalized spacial score (nSPS) is 30.6. The highest BCUT2D eigenvalue weighted by Gasteiger charge is 2.41. The molecule has 21 heavy (non-hydrogen) atoms. The van der Waals surface area contributed by atoms with Gasteiger partial charge in [-0.1, -0.05) is 6.92 Å². The Morgan fingerprint density at radius 1 is 1.19 bits per heavy atom. The molecule has 1 aromatic rings. The highest BCUT2D eigenvalue weighted by molar-refractivity contribution is 5.27.